The molecule has 1 aliphatic rings. The van der Waals surface area contributed by atoms with Crippen molar-refractivity contribution in [2.45, 2.75) is 18.6 Å². The van der Waals surface area contributed by atoms with Crippen LogP contribution in [-0.2, 0) is 13.5 Å². The van der Waals surface area contributed by atoms with E-state index >= 15 is 0 Å². The van der Waals surface area contributed by atoms with Gasteiger partial charge in [0.15, 0.2) is 0 Å². The quantitative estimate of drug-likeness (QED) is 0.737. The van der Waals surface area contributed by atoms with Gasteiger partial charge >= 0.3 is 0 Å². The molecule has 0 bridgehead atoms. The minimum atomic E-state index is -0.620. The zero-order valence-corrected chi connectivity index (χ0v) is 11.1. The summed E-state index contributed by atoms with van der Waals surface area (Å²) in [5, 5.41) is 16.9. The number of fused-ring (bicyclic) bond motifs is 1. The van der Waals surface area contributed by atoms with E-state index in [0.717, 1.165) is 11.1 Å². The first kappa shape index (κ1) is 12.7. The minimum Gasteiger partial charge on any atom is -0.396 e. The second-order valence-corrected chi connectivity index (χ2v) is 4.99. The molecule has 0 spiro atoms. The number of rotatable bonds is 2. The van der Waals surface area contributed by atoms with Crippen molar-refractivity contribution in [1.29, 1.82) is 0 Å². The molecule has 0 fully saturated rings. The van der Waals surface area contributed by atoms with Gasteiger partial charge in [0.25, 0.3) is 5.91 Å². The van der Waals surface area contributed by atoms with Crippen LogP contribution >= 0.6 is 0 Å². The molecule has 20 heavy (non-hydrogen) atoms. The van der Waals surface area contributed by atoms with Crippen molar-refractivity contribution in [2.24, 2.45) is 7.05 Å². The van der Waals surface area contributed by atoms with E-state index < -0.39 is 12.1 Å². The van der Waals surface area contributed by atoms with Crippen LogP contribution in [0.4, 0.5) is 5.69 Å². The summed E-state index contributed by atoms with van der Waals surface area (Å²) in [7, 11) is 1.66. The number of benzene rings is 1. The third-order valence-electron chi connectivity index (χ3n) is 3.67. The molecule has 104 valence electrons. The number of nitrogen functional groups attached to an aromatic ring is 1. The molecule has 2 aromatic rings. The highest BCUT2D eigenvalue weighted by molar-refractivity contribution is 5.97. The van der Waals surface area contributed by atoms with Gasteiger partial charge in [-0.2, -0.15) is 5.10 Å². The molecule has 0 aliphatic heterocycles. The Labute approximate surface area is 116 Å². The van der Waals surface area contributed by atoms with Crippen LogP contribution in [0.15, 0.2) is 30.5 Å². The molecule has 0 radical (unpaired) electrons. The summed E-state index contributed by atoms with van der Waals surface area (Å²) in [6.45, 7) is 0. The van der Waals surface area contributed by atoms with Crippen LogP contribution in [0.2, 0.25) is 0 Å². The van der Waals surface area contributed by atoms with Gasteiger partial charge < -0.3 is 16.2 Å². The SMILES string of the molecule is Cn1ncc(N)c1C(=O)N[C@H]1c2ccccc2C[C@H]1O. The summed E-state index contributed by atoms with van der Waals surface area (Å²) >= 11 is 0. The molecule has 0 saturated heterocycles. The smallest absolute Gasteiger partial charge is 0.272 e. The maximum atomic E-state index is 12.3. The normalized spacial score (nSPS) is 20.7. The van der Waals surface area contributed by atoms with Crippen LogP contribution in [0.1, 0.15) is 27.7 Å². The van der Waals surface area contributed by atoms with E-state index in [0.29, 0.717) is 17.8 Å². The van der Waals surface area contributed by atoms with Gasteiger partial charge in [-0.15, -0.1) is 0 Å². The Balaban J connectivity index is 1.87. The molecular formula is C14H16N4O2. The number of nitrogens with one attached hydrogen (secondary N) is 1. The third-order valence-corrected chi connectivity index (χ3v) is 3.67. The number of hydrogen-bond acceptors (Lipinski definition) is 4. The zero-order chi connectivity index (χ0) is 14.3. The predicted octanol–water partition coefficient (Wildman–Crippen LogP) is 0.390. The molecule has 0 saturated carbocycles. The van der Waals surface area contributed by atoms with Crippen molar-refractivity contribution in [3.8, 4) is 0 Å². The highest BCUT2D eigenvalue weighted by Gasteiger charge is 2.32. The first-order valence-corrected chi connectivity index (χ1v) is 6.42. The van der Waals surface area contributed by atoms with Crippen LogP contribution in [0, 0.1) is 0 Å². The maximum absolute atomic E-state index is 12.3. The number of carbonyl (C=O) groups is 1. The number of anilines is 1. The number of aromatic nitrogens is 2. The molecule has 1 aromatic carbocycles. The van der Waals surface area contributed by atoms with Gasteiger partial charge in [0.1, 0.15) is 5.69 Å². The van der Waals surface area contributed by atoms with Gasteiger partial charge in [0.05, 0.1) is 24.0 Å². The summed E-state index contributed by atoms with van der Waals surface area (Å²) in [6.07, 6.45) is 1.36. The van der Waals surface area contributed by atoms with E-state index in [2.05, 4.69) is 10.4 Å². The van der Waals surface area contributed by atoms with Crippen molar-refractivity contribution >= 4 is 11.6 Å². The molecule has 2 atom stereocenters. The van der Waals surface area contributed by atoms with Crippen molar-refractivity contribution in [2.75, 3.05) is 5.73 Å². The summed E-state index contributed by atoms with van der Waals surface area (Å²) in [4.78, 5) is 12.3. The second-order valence-electron chi connectivity index (χ2n) is 4.99. The number of carbonyl (C=O) groups excluding carboxylic acids is 1. The predicted molar refractivity (Wildman–Crippen MR) is 74.0 cm³/mol. The van der Waals surface area contributed by atoms with E-state index in [-0.39, 0.29) is 5.91 Å². The molecule has 6 nitrogen and oxygen atoms in total. The first-order valence-electron chi connectivity index (χ1n) is 6.42. The summed E-state index contributed by atoms with van der Waals surface area (Å²) in [5.74, 6) is -0.330. The number of aliphatic hydroxyl groups is 1. The Morgan fingerprint density at radius 3 is 2.95 bits per heavy atom. The van der Waals surface area contributed by atoms with Gasteiger partial charge in [0, 0.05) is 13.5 Å². The first-order chi connectivity index (χ1) is 9.58. The van der Waals surface area contributed by atoms with E-state index in [4.69, 9.17) is 5.73 Å². The third kappa shape index (κ3) is 1.94. The Bertz CT molecular complexity index is 645. The Morgan fingerprint density at radius 1 is 1.50 bits per heavy atom. The number of aliphatic hydroxyl groups excluding tert-OH is 1. The van der Waals surface area contributed by atoms with E-state index in [1.807, 2.05) is 24.3 Å². The van der Waals surface area contributed by atoms with E-state index in [9.17, 15) is 9.90 Å². The molecule has 4 N–H and O–H groups in total. The van der Waals surface area contributed by atoms with Crippen molar-refractivity contribution < 1.29 is 9.90 Å². The number of nitrogens with zero attached hydrogens (tertiary/aromatic N) is 2. The number of amides is 1. The number of aryl methyl sites for hydroxylation is 1. The van der Waals surface area contributed by atoms with Crippen LogP contribution in [-0.4, -0.2) is 26.9 Å². The summed E-state index contributed by atoms with van der Waals surface area (Å²) in [5.41, 5.74) is 8.38. The number of nitrogens with two attached hydrogens (primary N) is 1. The number of hydrogen-bond donors (Lipinski definition) is 3. The fourth-order valence-electron chi connectivity index (χ4n) is 2.69. The maximum Gasteiger partial charge on any atom is 0.272 e. The molecular weight excluding hydrogens is 256 g/mol. The summed E-state index contributed by atoms with van der Waals surface area (Å²) in [6, 6.07) is 7.29. The Hall–Kier alpha value is -2.34. The Morgan fingerprint density at radius 2 is 2.25 bits per heavy atom. The van der Waals surface area contributed by atoms with Gasteiger partial charge in [-0.3, -0.25) is 9.48 Å². The van der Waals surface area contributed by atoms with Crippen LogP contribution in [0.5, 0.6) is 0 Å². The molecule has 1 heterocycles. The Kier molecular flexibility index (Phi) is 2.94. The minimum absolute atomic E-state index is 0.307. The lowest BCUT2D eigenvalue weighted by atomic mass is 10.1. The van der Waals surface area contributed by atoms with Gasteiger partial charge in [-0.25, -0.2) is 0 Å². The highest BCUT2D eigenvalue weighted by atomic mass is 16.3. The fraction of sp³-hybridized carbons (Fsp3) is 0.286. The second kappa shape index (κ2) is 4.64. The van der Waals surface area contributed by atoms with Crippen molar-refractivity contribution in [3.63, 3.8) is 0 Å². The highest BCUT2D eigenvalue weighted by Crippen LogP contribution is 2.31. The molecule has 6 heteroatoms. The largest absolute Gasteiger partial charge is 0.396 e. The van der Waals surface area contributed by atoms with Gasteiger partial charge in [-0.05, 0) is 11.1 Å². The van der Waals surface area contributed by atoms with E-state index in [1.165, 1.54) is 10.9 Å². The van der Waals surface area contributed by atoms with E-state index in [1.54, 1.807) is 7.05 Å². The zero-order valence-electron chi connectivity index (χ0n) is 11.1. The van der Waals surface area contributed by atoms with Crippen LogP contribution in [0.25, 0.3) is 0 Å². The lowest BCUT2D eigenvalue weighted by Crippen LogP contribution is -2.35. The van der Waals surface area contributed by atoms with Crippen LogP contribution in [0.3, 0.4) is 0 Å². The average Bonchev–Trinajstić information content (AvgIpc) is 2.91. The van der Waals surface area contributed by atoms with Crippen molar-refractivity contribution in [3.05, 3.63) is 47.3 Å². The average molecular weight is 272 g/mol. The van der Waals surface area contributed by atoms with Crippen LogP contribution < -0.4 is 11.1 Å². The molecule has 1 aliphatic carbocycles. The molecule has 3 rings (SSSR count). The molecule has 1 amide bonds. The lowest BCUT2D eigenvalue weighted by Gasteiger charge is -2.18. The van der Waals surface area contributed by atoms with Crippen molar-refractivity contribution in [1.82, 2.24) is 15.1 Å². The molecule has 0 unspecified atom stereocenters. The topological polar surface area (TPSA) is 93.2 Å². The fourth-order valence-corrected chi connectivity index (χ4v) is 2.69. The monoisotopic (exact) mass is 272 g/mol. The standard InChI is InChI=1S/C14H16N4O2/c1-18-13(10(15)7-16-18)14(20)17-12-9-5-3-2-4-8(9)6-11(12)19/h2-5,7,11-12,19H,6,15H2,1H3,(H,17,20)/t11-,12+/m1/s1. The summed E-state index contributed by atoms with van der Waals surface area (Å²) < 4.78 is 1.43. The van der Waals surface area contributed by atoms with Gasteiger partial charge in [-0.1, -0.05) is 24.3 Å². The lowest BCUT2D eigenvalue weighted by molar-refractivity contribution is 0.0850. The molecule has 1 aromatic heterocycles. The van der Waals surface area contributed by atoms with Gasteiger partial charge in [0.2, 0.25) is 0 Å².